The Labute approximate surface area is 170 Å². The highest BCUT2D eigenvalue weighted by Gasteiger charge is 2.13. The second kappa shape index (κ2) is 10.1. The fourth-order valence-corrected chi connectivity index (χ4v) is 2.97. The van der Waals surface area contributed by atoms with Crippen LogP contribution in [0.1, 0.15) is 27.0 Å². The maximum absolute atomic E-state index is 12.6. The van der Waals surface area contributed by atoms with Crippen LogP contribution in [0, 0.1) is 0 Å². The molecule has 5 heteroatoms. The van der Waals surface area contributed by atoms with Crippen LogP contribution in [0.3, 0.4) is 0 Å². The van der Waals surface area contributed by atoms with Gasteiger partial charge in [0.15, 0.2) is 6.61 Å². The molecule has 1 amide bonds. The van der Waals surface area contributed by atoms with Crippen molar-refractivity contribution in [3.05, 3.63) is 101 Å². The van der Waals surface area contributed by atoms with E-state index in [2.05, 4.69) is 12.1 Å². The lowest BCUT2D eigenvalue weighted by molar-refractivity contribution is -0.119. The average Bonchev–Trinajstić information content (AvgIpc) is 2.76. The molecule has 0 saturated carbocycles. The van der Waals surface area contributed by atoms with Crippen molar-refractivity contribution in [1.29, 1.82) is 0 Å². The molecule has 0 atom stereocenters. The molecule has 3 rings (SSSR count). The zero-order chi connectivity index (χ0) is 20.5. The number of carbonyl (C=O) groups excluding carboxylic acids is 2. The molecule has 0 unspecified atom stereocenters. The number of aryl methyl sites for hydroxylation is 2. The summed E-state index contributed by atoms with van der Waals surface area (Å²) in [5.74, 6) is -0.410. The number of nitrogens with two attached hydrogens (primary N) is 1. The molecule has 3 aromatic rings. The van der Waals surface area contributed by atoms with E-state index >= 15 is 0 Å². The number of ether oxygens (including phenoxy) is 2. The number of rotatable bonds is 9. The van der Waals surface area contributed by atoms with Gasteiger partial charge in [0.2, 0.25) is 0 Å². The Hall–Kier alpha value is -3.60. The lowest BCUT2D eigenvalue weighted by Crippen LogP contribution is -2.20. The van der Waals surface area contributed by atoms with Gasteiger partial charge in [-0.3, -0.25) is 4.79 Å². The summed E-state index contributed by atoms with van der Waals surface area (Å²) in [6.45, 7) is -0.0857. The first-order chi connectivity index (χ1) is 14.1. The van der Waals surface area contributed by atoms with Crippen molar-refractivity contribution in [3.8, 4) is 5.75 Å². The quantitative estimate of drug-likeness (QED) is 0.566. The third-order valence-electron chi connectivity index (χ3n) is 4.41. The average molecular weight is 389 g/mol. The number of hydrogen-bond acceptors (Lipinski definition) is 4. The van der Waals surface area contributed by atoms with Gasteiger partial charge in [-0.1, -0.05) is 60.7 Å². The van der Waals surface area contributed by atoms with Crippen LogP contribution in [0.15, 0.2) is 78.9 Å². The molecule has 0 fully saturated rings. The molecule has 0 spiro atoms. The van der Waals surface area contributed by atoms with Gasteiger partial charge < -0.3 is 15.2 Å². The summed E-state index contributed by atoms with van der Waals surface area (Å²) < 4.78 is 10.8. The van der Waals surface area contributed by atoms with E-state index in [1.54, 1.807) is 24.3 Å². The van der Waals surface area contributed by atoms with Crippen molar-refractivity contribution in [3.63, 3.8) is 0 Å². The summed E-state index contributed by atoms with van der Waals surface area (Å²) >= 11 is 0. The van der Waals surface area contributed by atoms with Crippen LogP contribution < -0.4 is 10.5 Å². The Balaban J connectivity index is 1.61. The van der Waals surface area contributed by atoms with Crippen molar-refractivity contribution in [2.75, 3.05) is 6.61 Å². The number of benzene rings is 3. The van der Waals surface area contributed by atoms with E-state index in [4.69, 9.17) is 15.2 Å². The lowest BCUT2D eigenvalue weighted by Gasteiger charge is -2.11. The summed E-state index contributed by atoms with van der Waals surface area (Å²) in [6.07, 6.45) is 1.61. The first kappa shape index (κ1) is 20.1. The SMILES string of the molecule is NC(=O)COc1cccc(COC(=O)c2ccccc2CCc2ccccc2)c1. The van der Waals surface area contributed by atoms with Crippen LogP contribution in [-0.2, 0) is 29.0 Å². The van der Waals surface area contributed by atoms with Crippen molar-refractivity contribution in [1.82, 2.24) is 0 Å². The molecule has 0 aromatic heterocycles. The number of esters is 1. The second-order valence-corrected chi connectivity index (χ2v) is 6.62. The molecule has 148 valence electrons. The predicted octanol–water partition coefficient (Wildman–Crippen LogP) is 3.69. The van der Waals surface area contributed by atoms with Crippen LogP contribution in [0.25, 0.3) is 0 Å². The third kappa shape index (κ3) is 6.21. The molecule has 0 aliphatic rings. The number of amides is 1. The maximum Gasteiger partial charge on any atom is 0.338 e. The molecule has 5 nitrogen and oxygen atoms in total. The van der Waals surface area contributed by atoms with Crippen molar-refractivity contribution >= 4 is 11.9 Å². The van der Waals surface area contributed by atoms with E-state index in [1.165, 1.54) is 5.56 Å². The Morgan fingerprint density at radius 1 is 0.793 bits per heavy atom. The minimum Gasteiger partial charge on any atom is -0.484 e. The van der Waals surface area contributed by atoms with Crippen LogP contribution >= 0.6 is 0 Å². The topological polar surface area (TPSA) is 78.6 Å². The molecular formula is C24H23NO4. The maximum atomic E-state index is 12.6. The number of primary amides is 1. The summed E-state index contributed by atoms with van der Waals surface area (Å²) in [4.78, 5) is 23.5. The van der Waals surface area contributed by atoms with Crippen molar-refractivity contribution in [2.45, 2.75) is 19.4 Å². The van der Waals surface area contributed by atoms with Gasteiger partial charge in [-0.25, -0.2) is 4.79 Å². The molecule has 0 aliphatic heterocycles. The highest BCUT2D eigenvalue weighted by Crippen LogP contribution is 2.17. The normalized spacial score (nSPS) is 10.3. The van der Waals surface area contributed by atoms with Crippen LogP contribution in [0.4, 0.5) is 0 Å². The molecule has 3 aromatic carbocycles. The molecule has 0 bridgehead atoms. The predicted molar refractivity (Wildman–Crippen MR) is 111 cm³/mol. The molecule has 0 saturated heterocycles. The summed E-state index contributed by atoms with van der Waals surface area (Å²) in [5.41, 5.74) is 8.61. The number of carbonyl (C=O) groups is 2. The molecule has 29 heavy (non-hydrogen) atoms. The summed E-state index contributed by atoms with van der Waals surface area (Å²) in [5, 5.41) is 0. The van der Waals surface area contributed by atoms with E-state index in [9.17, 15) is 9.59 Å². The van der Waals surface area contributed by atoms with Crippen LogP contribution in [-0.4, -0.2) is 18.5 Å². The van der Waals surface area contributed by atoms with Gasteiger partial charge in [0.1, 0.15) is 12.4 Å². The zero-order valence-electron chi connectivity index (χ0n) is 16.0. The fraction of sp³-hybridized carbons (Fsp3) is 0.167. The summed E-state index contributed by atoms with van der Waals surface area (Å²) in [6, 6.07) is 24.7. The Kier molecular flexibility index (Phi) is 7.00. The molecule has 0 aliphatic carbocycles. The van der Waals surface area contributed by atoms with E-state index in [0.29, 0.717) is 11.3 Å². The number of hydrogen-bond donors (Lipinski definition) is 1. The Morgan fingerprint density at radius 2 is 1.52 bits per heavy atom. The standard InChI is InChI=1S/C24H23NO4/c25-23(26)17-28-21-11-6-9-19(15-21)16-29-24(27)22-12-5-4-10-20(22)14-13-18-7-2-1-3-8-18/h1-12,15H,13-14,16-17H2,(H2,25,26). The van der Waals surface area contributed by atoms with E-state index < -0.39 is 5.91 Å². The largest absolute Gasteiger partial charge is 0.484 e. The first-order valence-electron chi connectivity index (χ1n) is 9.41. The van der Waals surface area contributed by atoms with E-state index in [-0.39, 0.29) is 19.2 Å². The van der Waals surface area contributed by atoms with Crippen LogP contribution in [0.5, 0.6) is 5.75 Å². The van der Waals surface area contributed by atoms with Gasteiger partial charge in [0, 0.05) is 0 Å². The third-order valence-corrected chi connectivity index (χ3v) is 4.41. The minimum absolute atomic E-state index is 0.111. The monoisotopic (exact) mass is 389 g/mol. The van der Waals surface area contributed by atoms with Crippen molar-refractivity contribution < 1.29 is 19.1 Å². The van der Waals surface area contributed by atoms with E-state index in [0.717, 1.165) is 24.0 Å². The fourth-order valence-electron chi connectivity index (χ4n) is 2.97. The lowest BCUT2D eigenvalue weighted by atomic mass is 10.00. The Morgan fingerprint density at radius 3 is 2.31 bits per heavy atom. The van der Waals surface area contributed by atoms with Crippen LogP contribution in [0.2, 0.25) is 0 Å². The highest BCUT2D eigenvalue weighted by atomic mass is 16.5. The van der Waals surface area contributed by atoms with Crippen molar-refractivity contribution in [2.24, 2.45) is 5.73 Å². The van der Waals surface area contributed by atoms with Gasteiger partial charge in [-0.2, -0.15) is 0 Å². The smallest absolute Gasteiger partial charge is 0.338 e. The first-order valence-corrected chi connectivity index (χ1v) is 9.41. The molecule has 0 heterocycles. The molecule has 0 radical (unpaired) electrons. The zero-order valence-corrected chi connectivity index (χ0v) is 16.0. The van der Waals surface area contributed by atoms with Gasteiger partial charge in [-0.15, -0.1) is 0 Å². The minimum atomic E-state index is -0.547. The molecular weight excluding hydrogens is 366 g/mol. The highest BCUT2D eigenvalue weighted by molar-refractivity contribution is 5.91. The van der Waals surface area contributed by atoms with Gasteiger partial charge in [-0.05, 0) is 47.7 Å². The molecule has 2 N–H and O–H groups in total. The van der Waals surface area contributed by atoms with E-state index in [1.807, 2.05) is 42.5 Å². The summed E-state index contributed by atoms with van der Waals surface area (Å²) in [7, 11) is 0. The Bertz CT molecular complexity index is 969. The second-order valence-electron chi connectivity index (χ2n) is 6.62. The van der Waals surface area contributed by atoms with Gasteiger partial charge in [0.05, 0.1) is 5.56 Å². The van der Waals surface area contributed by atoms with Gasteiger partial charge in [0.25, 0.3) is 5.91 Å². The van der Waals surface area contributed by atoms with Gasteiger partial charge >= 0.3 is 5.97 Å².